The quantitative estimate of drug-likeness (QED) is 0.843. The maximum atomic E-state index is 11.2. The minimum atomic E-state index is -0.806. The van der Waals surface area contributed by atoms with Gasteiger partial charge in [0.2, 0.25) is 0 Å². The van der Waals surface area contributed by atoms with Crippen molar-refractivity contribution in [3.63, 3.8) is 0 Å². The summed E-state index contributed by atoms with van der Waals surface area (Å²) in [5, 5.41) is 12.3. The van der Waals surface area contributed by atoms with Gasteiger partial charge in [-0.2, -0.15) is 0 Å². The summed E-state index contributed by atoms with van der Waals surface area (Å²) in [5.74, 6) is -0.757. The lowest BCUT2D eigenvalue weighted by Crippen LogP contribution is -2.34. The molecule has 0 radical (unpaired) electrons. The molecule has 0 bridgehead atoms. The molecule has 0 saturated carbocycles. The molecule has 1 atom stereocenters. The third-order valence-electron chi connectivity index (χ3n) is 2.91. The fourth-order valence-electron chi connectivity index (χ4n) is 2.08. The van der Waals surface area contributed by atoms with Crippen LogP contribution in [0.5, 0.6) is 0 Å². The fraction of sp³-hybridized carbons (Fsp3) is 0.500. The van der Waals surface area contributed by atoms with Gasteiger partial charge in [-0.1, -0.05) is 31.5 Å². The van der Waals surface area contributed by atoms with E-state index in [9.17, 15) is 9.90 Å². The van der Waals surface area contributed by atoms with Gasteiger partial charge >= 0.3 is 5.97 Å². The summed E-state index contributed by atoms with van der Waals surface area (Å²) < 4.78 is 0. The molecule has 1 unspecified atom stereocenters. The summed E-state index contributed by atoms with van der Waals surface area (Å²) in [4.78, 5) is 11.2. The van der Waals surface area contributed by atoms with Crippen molar-refractivity contribution < 1.29 is 9.90 Å². The zero-order chi connectivity index (χ0) is 13.2. The average molecular weight is 235 g/mol. The Morgan fingerprint density at radius 1 is 1.18 bits per heavy atom. The van der Waals surface area contributed by atoms with Crippen LogP contribution in [0, 0.1) is 26.7 Å². The summed E-state index contributed by atoms with van der Waals surface area (Å²) in [5.41, 5.74) is 4.32. The highest BCUT2D eigenvalue weighted by Crippen LogP contribution is 2.24. The lowest BCUT2D eigenvalue weighted by molar-refractivity contribution is -0.138. The molecule has 0 aromatic heterocycles. The normalized spacial score (nSPS) is 12.6. The van der Waals surface area contributed by atoms with Crippen LogP contribution in [-0.4, -0.2) is 17.1 Å². The molecule has 2 N–H and O–H groups in total. The highest BCUT2D eigenvalue weighted by molar-refractivity contribution is 5.78. The van der Waals surface area contributed by atoms with E-state index in [-0.39, 0.29) is 5.92 Å². The van der Waals surface area contributed by atoms with E-state index >= 15 is 0 Å². The Bertz CT molecular complexity index is 401. The van der Waals surface area contributed by atoms with Gasteiger partial charge in [-0.25, -0.2) is 4.79 Å². The van der Waals surface area contributed by atoms with Crippen molar-refractivity contribution in [1.82, 2.24) is 0 Å². The van der Waals surface area contributed by atoms with Gasteiger partial charge in [-0.3, -0.25) is 0 Å². The number of aliphatic carboxylic acids is 1. The van der Waals surface area contributed by atoms with Crippen LogP contribution in [0.25, 0.3) is 0 Å². The maximum absolute atomic E-state index is 11.2. The van der Waals surface area contributed by atoms with E-state index in [1.54, 1.807) is 0 Å². The van der Waals surface area contributed by atoms with E-state index in [0.717, 1.165) is 16.8 Å². The first kappa shape index (κ1) is 13.6. The molecule has 0 fully saturated rings. The number of hydrogen-bond acceptors (Lipinski definition) is 2. The van der Waals surface area contributed by atoms with Crippen molar-refractivity contribution >= 4 is 11.7 Å². The van der Waals surface area contributed by atoms with Crippen molar-refractivity contribution in [2.24, 2.45) is 5.92 Å². The van der Waals surface area contributed by atoms with Crippen LogP contribution in [-0.2, 0) is 4.79 Å². The largest absolute Gasteiger partial charge is 0.480 e. The minimum absolute atomic E-state index is 0.0487. The smallest absolute Gasteiger partial charge is 0.326 e. The highest BCUT2D eigenvalue weighted by Gasteiger charge is 2.22. The van der Waals surface area contributed by atoms with Gasteiger partial charge in [0.25, 0.3) is 0 Å². The predicted molar refractivity (Wildman–Crippen MR) is 70.5 cm³/mol. The Kier molecular flexibility index (Phi) is 4.16. The van der Waals surface area contributed by atoms with Gasteiger partial charge < -0.3 is 10.4 Å². The second-order valence-corrected chi connectivity index (χ2v) is 4.98. The molecule has 0 aliphatic heterocycles. The molecule has 0 spiro atoms. The number of carboxylic acid groups (broad SMARTS) is 1. The Balaban J connectivity index is 3.05. The van der Waals surface area contributed by atoms with Crippen LogP contribution >= 0.6 is 0 Å². The molecule has 1 aromatic carbocycles. The molecular weight excluding hydrogens is 214 g/mol. The first-order valence-corrected chi connectivity index (χ1v) is 5.90. The Morgan fingerprint density at radius 3 is 2.00 bits per heavy atom. The molecule has 1 aromatic rings. The van der Waals surface area contributed by atoms with E-state index in [1.807, 2.05) is 34.6 Å². The number of benzene rings is 1. The summed E-state index contributed by atoms with van der Waals surface area (Å²) >= 11 is 0. The van der Waals surface area contributed by atoms with Crippen molar-refractivity contribution in [2.75, 3.05) is 5.32 Å². The Labute approximate surface area is 103 Å². The predicted octanol–water partition coefficient (Wildman–Crippen LogP) is 3.13. The number of anilines is 1. The van der Waals surface area contributed by atoms with Crippen molar-refractivity contribution in [2.45, 2.75) is 40.7 Å². The van der Waals surface area contributed by atoms with Gasteiger partial charge in [0.05, 0.1) is 0 Å². The molecule has 17 heavy (non-hydrogen) atoms. The fourth-order valence-corrected chi connectivity index (χ4v) is 2.08. The molecule has 94 valence electrons. The summed E-state index contributed by atoms with van der Waals surface area (Å²) in [6.45, 7) is 9.86. The SMILES string of the molecule is Cc1cc(C)c(NC(C(=O)O)C(C)C)c(C)c1. The van der Waals surface area contributed by atoms with Gasteiger partial charge in [0.15, 0.2) is 0 Å². The van der Waals surface area contributed by atoms with Crippen LogP contribution in [0.1, 0.15) is 30.5 Å². The molecule has 3 heteroatoms. The molecule has 0 saturated heterocycles. The molecular formula is C14H21NO2. The summed E-state index contributed by atoms with van der Waals surface area (Å²) in [6.07, 6.45) is 0. The van der Waals surface area contributed by atoms with E-state index in [1.165, 1.54) is 5.56 Å². The van der Waals surface area contributed by atoms with Crippen LogP contribution in [0.15, 0.2) is 12.1 Å². The van der Waals surface area contributed by atoms with Crippen LogP contribution in [0.3, 0.4) is 0 Å². The molecule has 0 aliphatic rings. The number of aryl methyl sites for hydroxylation is 3. The van der Waals surface area contributed by atoms with Gasteiger partial charge in [0.1, 0.15) is 6.04 Å². The first-order valence-electron chi connectivity index (χ1n) is 5.90. The number of carbonyl (C=O) groups is 1. The van der Waals surface area contributed by atoms with E-state index < -0.39 is 12.0 Å². The number of rotatable bonds is 4. The van der Waals surface area contributed by atoms with Crippen LogP contribution in [0.2, 0.25) is 0 Å². The van der Waals surface area contributed by atoms with Gasteiger partial charge in [-0.15, -0.1) is 0 Å². The second-order valence-electron chi connectivity index (χ2n) is 4.98. The number of hydrogen-bond donors (Lipinski definition) is 2. The number of nitrogens with one attached hydrogen (secondary N) is 1. The Morgan fingerprint density at radius 2 is 1.65 bits per heavy atom. The van der Waals surface area contributed by atoms with Crippen LogP contribution < -0.4 is 5.32 Å². The van der Waals surface area contributed by atoms with E-state index in [2.05, 4.69) is 17.4 Å². The number of carboxylic acids is 1. The zero-order valence-electron chi connectivity index (χ0n) is 11.2. The molecule has 0 heterocycles. The standard InChI is InChI=1S/C14H21NO2/c1-8(2)12(14(16)17)15-13-10(4)6-9(3)7-11(13)5/h6-8,12,15H,1-5H3,(H,16,17). The molecule has 0 amide bonds. The van der Waals surface area contributed by atoms with Crippen molar-refractivity contribution in [1.29, 1.82) is 0 Å². The monoisotopic (exact) mass is 235 g/mol. The Hall–Kier alpha value is -1.51. The molecule has 1 rings (SSSR count). The highest BCUT2D eigenvalue weighted by atomic mass is 16.4. The topological polar surface area (TPSA) is 49.3 Å². The van der Waals surface area contributed by atoms with Crippen LogP contribution in [0.4, 0.5) is 5.69 Å². The average Bonchev–Trinajstić information content (AvgIpc) is 2.14. The second kappa shape index (κ2) is 5.21. The van der Waals surface area contributed by atoms with E-state index in [4.69, 9.17) is 0 Å². The maximum Gasteiger partial charge on any atom is 0.326 e. The summed E-state index contributed by atoms with van der Waals surface area (Å²) in [7, 11) is 0. The van der Waals surface area contributed by atoms with Crippen molar-refractivity contribution in [3.05, 3.63) is 28.8 Å². The minimum Gasteiger partial charge on any atom is -0.480 e. The van der Waals surface area contributed by atoms with Gasteiger partial charge in [-0.05, 0) is 37.8 Å². The lowest BCUT2D eigenvalue weighted by atomic mass is 10.0. The lowest BCUT2D eigenvalue weighted by Gasteiger charge is -2.22. The van der Waals surface area contributed by atoms with E-state index in [0.29, 0.717) is 0 Å². The first-order chi connectivity index (χ1) is 7.82. The molecule has 0 aliphatic carbocycles. The van der Waals surface area contributed by atoms with Crippen molar-refractivity contribution in [3.8, 4) is 0 Å². The third kappa shape index (κ3) is 3.22. The molecule has 3 nitrogen and oxygen atoms in total. The van der Waals surface area contributed by atoms with Gasteiger partial charge in [0, 0.05) is 5.69 Å². The zero-order valence-corrected chi connectivity index (χ0v) is 11.2. The third-order valence-corrected chi connectivity index (χ3v) is 2.91. The summed E-state index contributed by atoms with van der Waals surface area (Å²) in [6, 6.07) is 3.58.